The SMILES string of the molecule is O=C(CN1CCNCC1)NCCCC(=O)NC1CC1. The van der Waals surface area contributed by atoms with Crippen molar-refractivity contribution in [2.45, 2.75) is 31.7 Å². The molecule has 1 saturated carbocycles. The van der Waals surface area contributed by atoms with Gasteiger partial charge in [0.05, 0.1) is 6.54 Å². The standard InChI is InChI=1S/C13H24N4O2/c18-12(16-11-3-4-11)2-1-5-15-13(19)10-17-8-6-14-7-9-17/h11,14H,1-10H2,(H,15,19)(H,16,18). The fraction of sp³-hybridized carbons (Fsp3) is 0.846. The van der Waals surface area contributed by atoms with Crippen LogP contribution >= 0.6 is 0 Å². The van der Waals surface area contributed by atoms with Gasteiger partial charge in [-0.25, -0.2) is 0 Å². The Hall–Kier alpha value is -1.14. The molecular weight excluding hydrogens is 244 g/mol. The molecule has 0 unspecified atom stereocenters. The van der Waals surface area contributed by atoms with Gasteiger partial charge in [-0.1, -0.05) is 0 Å². The monoisotopic (exact) mass is 268 g/mol. The van der Waals surface area contributed by atoms with E-state index >= 15 is 0 Å². The molecule has 1 aliphatic heterocycles. The van der Waals surface area contributed by atoms with Gasteiger partial charge in [-0.05, 0) is 19.3 Å². The van der Waals surface area contributed by atoms with E-state index in [-0.39, 0.29) is 11.8 Å². The third kappa shape index (κ3) is 6.02. The molecule has 0 atom stereocenters. The van der Waals surface area contributed by atoms with E-state index in [1.165, 1.54) is 0 Å². The molecule has 2 amide bonds. The predicted molar refractivity (Wildman–Crippen MR) is 72.7 cm³/mol. The summed E-state index contributed by atoms with van der Waals surface area (Å²) >= 11 is 0. The highest BCUT2D eigenvalue weighted by Gasteiger charge is 2.22. The van der Waals surface area contributed by atoms with E-state index in [9.17, 15) is 9.59 Å². The van der Waals surface area contributed by atoms with E-state index in [4.69, 9.17) is 0 Å². The zero-order valence-corrected chi connectivity index (χ0v) is 11.4. The zero-order chi connectivity index (χ0) is 13.5. The number of amides is 2. The molecule has 0 spiro atoms. The van der Waals surface area contributed by atoms with Crippen LogP contribution in [0.5, 0.6) is 0 Å². The zero-order valence-electron chi connectivity index (χ0n) is 11.4. The third-order valence-corrected chi connectivity index (χ3v) is 3.42. The largest absolute Gasteiger partial charge is 0.355 e. The number of nitrogens with one attached hydrogen (secondary N) is 3. The molecule has 1 aliphatic carbocycles. The van der Waals surface area contributed by atoms with Crippen molar-refractivity contribution in [3.05, 3.63) is 0 Å². The van der Waals surface area contributed by atoms with Crippen LogP contribution in [0.1, 0.15) is 25.7 Å². The Labute approximate surface area is 114 Å². The number of hydrogen-bond donors (Lipinski definition) is 3. The van der Waals surface area contributed by atoms with E-state index in [0.29, 0.717) is 32.0 Å². The maximum atomic E-state index is 11.7. The average Bonchev–Trinajstić information content (AvgIpc) is 3.20. The summed E-state index contributed by atoms with van der Waals surface area (Å²) in [5, 5.41) is 9.07. The van der Waals surface area contributed by atoms with Gasteiger partial charge in [0.25, 0.3) is 0 Å². The normalized spacial score (nSPS) is 20.0. The Morgan fingerprint density at radius 3 is 2.58 bits per heavy atom. The van der Waals surface area contributed by atoms with Gasteiger partial charge in [0.15, 0.2) is 0 Å². The van der Waals surface area contributed by atoms with Gasteiger partial charge in [-0.2, -0.15) is 0 Å². The molecule has 1 heterocycles. The quantitative estimate of drug-likeness (QED) is 0.521. The topological polar surface area (TPSA) is 73.5 Å². The van der Waals surface area contributed by atoms with Crippen molar-refractivity contribution >= 4 is 11.8 Å². The van der Waals surface area contributed by atoms with Crippen molar-refractivity contribution in [2.75, 3.05) is 39.3 Å². The minimum Gasteiger partial charge on any atom is -0.355 e. The molecular formula is C13H24N4O2. The van der Waals surface area contributed by atoms with Crippen LogP contribution in [0.25, 0.3) is 0 Å². The Kier molecular flexibility index (Phi) is 5.60. The Balaban J connectivity index is 1.47. The van der Waals surface area contributed by atoms with E-state index in [1.54, 1.807) is 0 Å². The second-order valence-electron chi connectivity index (χ2n) is 5.32. The van der Waals surface area contributed by atoms with Crippen LogP contribution in [0.15, 0.2) is 0 Å². The molecule has 0 aromatic heterocycles. The summed E-state index contributed by atoms with van der Waals surface area (Å²) in [6.07, 6.45) is 3.45. The van der Waals surface area contributed by atoms with Crippen molar-refractivity contribution in [1.82, 2.24) is 20.9 Å². The summed E-state index contributed by atoms with van der Waals surface area (Å²) < 4.78 is 0. The lowest BCUT2D eigenvalue weighted by molar-refractivity contribution is -0.123. The minimum atomic E-state index is 0.0597. The van der Waals surface area contributed by atoms with Gasteiger partial charge in [0, 0.05) is 45.2 Å². The summed E-state index contributed by atoms with van der Waals surface area (Å²) in [7, 11) is 0. The average molecular weight is 268 g/mol. The fourth-order valence-electron chi connectivity index (χ4n) is 2.13. The smallest absolute Gasteiger partial charge is 0.234 e. The molecule has 1 saturated heterocycles. The van der Waals surface area contributed by atoms with Gasteiger partial charge in [0.1, 0.15) is 0 Å². The molecule has 0 bridgehead atoms. The minimum absolute atomic E-state index is 0.0597. The number of hydrogen-bond acceptors (Lipinski definition) is 4. The van der Waals surface area contributed by atoms with Crippen LogP contribution in [0.4, 0.5) is 0 Å². The Morgan fingerprint density at radius 2 is 1.89 bits per heavy atom. The third-order valence-electron chi connectivity index (χ3n) is 3.42. The van der Waals surface area contributed by atoms with E-state index in [2.05, 4.69) is 20.9 Å². The highest BCUT2D eigenvalue weighted by molar-refractivity contribution is 5.78. The lowest BCUT2D eigenvalue weighted by Crippen LogP contribution is -2.47. The lowest BCUT2D eigenvalue weighted by Gasteiger charge is -2.26. The summed E-state index contributed by atoms with van der Waals surface area (Å²) in [5.41, 5.74) is 0. The second-order valence-corrected chi connectivity index (χ2v) is 5.32. The van der Waals surface area contributed by atoms with Crippen molar-refractivity contribution < 1.29 is 9.59 Å². The van der Waals surface area contributed by atoms with Crippen molar-refractivity contribution in [1.29, 1.82) is 0 Å². The van der Waals surface area contributed by atoms with Crippen molar-refractivity contribution in [2.24, 2.45) is 0 Å². The lowest BCUT2D eigenvalue weighted by atomic mass is 10.3. The number of carbonyl (C=O) groups excluding carboxylic acids is 2. The van der Waals surface area contributed by atoms with Crippen LogP contribution in [0.2, 0.25) is 0 Å². The number of piperazine rings is 1. The van der Waals surface area contributed by atoms with Gasteiger partial charge < -0.3 is 16.0 Å². The summed E-state index contributed by atoms with van der Waals surface area (Å²) in [4.78, 5) is 25.2. The molecule has 108 valence electrons. The maximum absolute atomic E-state index is 11.7. The maximum Gasteiger partial charge on any atom is 0.234 e. The first-order chi connectivity index (χ1) is 9.24. The van der Waals surface area contributed by atoms with Gasteiger partial charge in [-0.15, -0.1) is 0 Å². The molecule has 0 aromatic carbocycles. The predicted octanol–water partition coefficient (Wildman–Crippen LogP) is -0.933. The van der Waals surface area contributed by atoms with Crippen LogP contribution in [-0.4, -0.2) is 62.0 Å². The number of rotatable bonds is 7. The first-order valence-corrected chi connectivity index (χ1v) is 7.23. The van der Waals surface area contributed by atoms with E-state index in [1.807, 2.05) is 0 Å². The highest BCUT2D eigenvalue weighted by atomic mass is 16.2. The summed E-state index contributed by atoms with van der Waals surface area (Å²) in [5.74, 6) is 0.170. The van der Waals surface area contributed by atoms with Crippen molar-refractivity contribution in [3.63, 3.8) is 0 Å². The summed E-state index contributed by atoms with van der Waals surface area (Å²) in [6, 6.07) is 0.426. The van der Waals surface area contributed by atoms with E-state index in [0.717, 1.165) is 39.0 Å². The van der Waals surface area contributed by atoms with Gasteiger partial charge in [0.2, 0.25) is 11.8 Å². The second kappa shape index (κ2) is 7.45. The summed E-state index contributed by atoms with van der Waals surface area (Å²) in [6.45, 7) is 4.82. The molecule has 6 nitrogen and oxygen atoms in total. The molecule has 3 N–H and O–H groups in total. The first-order valence-electron chi connectivity index (χ1n) is 7.23. The molecule has 0 aromatic rings. The van der Waals surface area contributed by atoms with Crippen LogP contribution in [0, 0.1) is 0 Å². The first kappa shape index (κ1) is 14.3. The van der Waals surface area contributed by atoms with Crippen LogP contribution in [-0.2, 0) is 9.59 Å². The van der Waals surface area contributed by atoms with Crippen LogP contribution in [0.3, 0.4) is 0 Å². The fourth-order valence-corrected chi connectivity index (χ4v) is 2.13. The molecule has 2 fully saturated rings. The Bertz CT molecular complexity index is 312. The number of nitrogens with zero attached hydrogens (tertiary/aromatic N) is 1. The molecule has 0 radical (unpaired) electrons. The highest BCUT2D eigenvalue weighted by Crippen LogP contribution is 2.18. The molecule has 2 aliphatic rings. The van der Waals surface area contributed by atoms with Crippen LogP contribution < -0.4 is 16.0 Å². The molecule has 2 rings (SSSR count). The van der Waals surface area contributed by atoms with Crippen molar-refractivity contribution in [3.8, 4) is 0 Å². The van der Waals surface area contributed by atoms with E-state index < -0.39 is 0 Å². The Morgan fingerprint density at radius 1 is 1.16 bits per heavy atom. The molecule has 19 heavy (non-hydrogen) atoms. The molecule has 6 heteroatoms. The van der Waals surface area contributed by atoms with Gasteiger partial charge >= 0.3 is 0 Å². The number of carbonyl (C=O) groups is 2. The van der Waals surface area contributed by atoms with Gasteiger partial charge in [-0.3, -0.25) is 14.5 Å².